The molecular weight excluding hydrogens is 443 g/mol. The van der Waals surface area contributed by atoms with Crippen molar-refractivity contribution in [3.63, 3.8) is 0 Å². The number of nitrogens with zero attached hydrogens (tertiary/aromatic N) is 6. The predicted molar refractivity (Wildman–Crippen MR) is 121 cm³/mol. The minimum absolute atomic E-state index is 0.0499. The molecule has 3 aromatic heterocycles. The Kier molecular flexibility index (Phi) is 5.07. The Balaban J connectivity index is 1.39. The van der Waals surface area contributed by atoms with E-state index in [-0.39, 0.29) is 12.0 Å². The maximum atomic E-state index is 14.9. The van der Waals surface area contributed by atoms with Crippen molar-refractivity contribution in [1.82, 2.24) is 29.7 Å². The van der Waals surface area contributed by atoms with Crippen LogP contribution in [0.5, 0.6) is 0 Å². The van der Waals surface area contributed by atoms with Crippen LogP contribution in [0.2, 0.25) is 5.02 Å². The third-order valence-corrected chi connectivity index (χ3v) is 6.53. The van der Waals surface area contributed by atoms with Gasteiger partial charge in [0.15, 0.2) is 5.65 Å². The Bertz CT molecular complexity index is 1350. The largest absolute Gasteiger partial charge is 0.373 e. The molecule has 2 aliphatic rings. The zero-order chi connectivity index (χ0) is 22.5. The van der Waals surface area contributed by atoms with E-state index >= 15 is 0 Å². The molecule has 1 aliphatic heterocycles. The summed E-state index contributed by atoms with van der Waals surface area (Å²) in [6.45, 7) is 2.45. The van der Waals surface area contributed by atoms with Gasteiger partial charge >= 0.3 is 0 Å². The van der Waals surface area contributed by atoms with Gasteiger partial charge in [-0.15, -0.1) is 0 Å². The summed E-state index contributed by atoms with van der Waals surface area (Å²) in [7, 11) is 0. The predicted octanol–water partition coefficient (Wildman–Crippen LogP) is 5.35. The van der Waals surface area contributed by atoms with Crippen LogP contribution in [0.25, 0.3) is 22.4 Å². The molecule has 1 saturated heterocycles. The lowest BCUT2D eigenvalue weighted by molar-refractivity contribution is 0.00396. The quantitative estimate of drug-likeness (QED) is 0.405. The molecule has 1 unspecified atom stereocenters. The van der Waals surface area contributed by atoms with Crippen LogP contribution in [0, 0.1) is 12.7 Å². The minimum atomic E-state index is -0.451. The number of hydrogen-bond acceptors (Lipinski definition) is 6. The lowest BCUT2D eigenvalue weighted by Gasteiger charge is -2.28. The monoisotopic (exact) mass is 464 g/mol. The highest BCUT2D eigenvalue weighted by Gasteiger charge is 2.31. The summed E-state index contributed by atoms with van der Waals surface area (Å²) in [5, 5.41) is 4.84. The van der Waals surface area contributed by atoms with Crippen LogP contribution in [0.15, 0.2) is 36.8 Å². The Morgan fingerprint density at radius 2 is 2.00 bits per heavy atom. The molecule has 2 fully saturated rings. The van der Waals surface area contributed by atoms with E-state index < -0.39 is 5.82 Å². The van der Waals surface area contributed by atoms with Crippen LogP contribution >= 0.6 is 11.6 Å². The number of hydrogen-bond donors (Lipinski definition) is 0. The van der Waals surface area contributed by atoms with Gasteiger partial charge in [-0.1, -0.05) is 11.6 Å². The van der Waals surface area contributed by atoms with Crippen molar-refractivity contribution >= 4 is 22.8 Å². The van der Waals surface area contributed by atoms with Gasteiger partial charge in [-0.3, -0.25) is 4.68 Å². The van der Waals surface area contributed by atoms with Gasteiger partial charge in [0, 0.05) is 41.1 Å². The van der Waals surface area contributed by atoms with Crippen molar-refractivity contribution in [2.75, 3.05) is 6.61 Å². The zero-order valence-corrected chi connectivity index (χ0v) is 18.8. The first kappa shape index (κ1) is 20.6. The van der Waals surface area contributed by atoms with Gasteiger partial charge in [0.05, 0.1) is 24.0 Å². The van der Waals surface area contributed by atoms with E-state index in [1.165, 1.54) is 18.9 Å². The zero-order valence-electron chi connectivity index (χ0n) is 18.1. The van der Waals surface area contributed by atoms with Gasteiger partial charge in [-0.25, -0.2) is 24.3 Å². The summed E-state index contributed by atoms with van der Waals surface area (Å²) in [6, 6.07) is 5.09. The number of rotatable bonds is 4. The molecule has 1 aromatic carbocycles. The molecule has 9 heteroatoms. The lowest BCUT2D eigenvalue weighted by Crippen LogP contribution is -2.20. The van der Waals surface area contributed by atoms with E-state index in [1.54, 1.807) is 18.3 Å². The van der Waals surface area contributed by atoms with Gasteiger partial charge in [0.25, 0.3) is 0 Å². The Labute approximate surface area is 195 Å². The third-order valence-electron chi connectivity index (χ3n) is 6.30. The summed E-state index contributed by atoms with van der Waals surface area (Å²) in [6.07, 6.45) is 9.44. The number of aromatic nitrogens is 6. The highest BCUT2D eigenvalue weighted by Crippen LogP contribution is 2.40. The molecule has 7 nitrogen and oxygen atoms in total. The second kappa shape index (κ2) is 8.11. The molecule has 33 heavy (non-hydrogen) atoms. The first-order valence-electron chi connectivity index (χ1n) is 11.2. The molecule has 2 atom stereocenters. The molecule has 0 amide bonds. The minimum Gasteiger partial charge on any atom is -0.373 e. The van der Waals surface area contributed by atoms with Crippen LogP contribution in [-0.2, 0) is 4.74 Å². The molecule has 0 bridgehead atoms. The summed E-state index contributed by atoms with van der Waals surface area (Å²) in [5.41, 5.74) is 3.52. The summed E-state index contributed by atoms with van der Waals surface area (Å²) in [4.78, 5) is 18.6. The number of halogens is 2. The van der Waals surface area contributed by atoms with E-state index in [1.807, 2.05) is 17.8 Å². The Hall–Kier alpha value is -2.97. The van der Waals surface area contributed by atoms with Crippen molar-refractivity contribution in [1.29, 1.82) is 0 Å². The van der Waals surface area contributed by atoms with Crippen molar-refractivity contribution < 1.29 is 9.13 Å². The Morgan fingerprint density at radius 3 is 2.82 bits per heavy atom. The van der Waals surface area contributed by atoms with Crippen molar-refractivity contribution in [2.24, 2.45) is 0 Å². The van der Waals surface area contributed by atoms with Crippen LogP contribution in [0.3, 0.4) is 0 Å². The summed E-state index contributed by atoms with van der Waals surface area (Å²) >= 11 is 5.97. The maximum Gasteiger partial charge on any atom is 0.182 e. The van der Waals surface area contributed by atoms with Crippen molar-refractivity contribution in [3.8, 4) is 11.3 Å². The lowest BCUT2D eigenvalue weighted by atomic mass is 9.92. The highest BCUT2D eigenvalue weighted by atomic mass is 35.5. The fourth-order valence-corrected chi connectivity index (χ4v) is 4.54. The first-order valence-corrected chi connectivity index (χ1v) is 11.6. The normalized spacial score (nSPS) is 20.9. The molecular formula is C24H22ClFN6O. The van der Waals surface area contributed by atoms with E-state index in [2.05, 4.69) is 21.3 Å². The maximum absolute atomic E-state index is 14.9. The number of aryl methyl sites for hydroxylation is 1. The van der Waals surface area contributed by atoms with Crippen LogP contribution < -0.4 is 0 Å². The molecule has 0 spiro atoms. The molecule has 1 aliphatic carbocycles. The van der Waals surface area contributed by atoms with Crippen molar-refractivity contribution in [3.05, 3.63) is 64.7 Å². The average molecular weight is 465 g/mol. The number of benzene rings is 1. The topological polar surface area (TPSA) is 78.6 Å². The molecule has 0 N–H and O–H groups in total. The van der Waals surface area contributed by atoms with E-state index in [4.69, 9.17) is 26.3 Å². The molecule has 6 rings (SSSR count). The smallest absolute Gasteiger partial charge is 0.182 e. The molecule has 0 radical (unpaired) electrons. The van der Waals surface area contributed by atoms with E-state index in [9.17, 15) is 4.39 Å². The fourth-order valence-electron chi connectivity index (χ4n) is 4.38. The SMILES string of the molecule is Cc1cnc2c(-c3ccc(Cl)cc3F)nc(C3CCO[C@@H](c4cnn(C5CC5)c4)C3)nc2n1. The molecule has 1 saturated carbocycles. The summed E-state index contributed by atoms with van der Waals surface area (Å²) < 4.78 is 23.0. The van der Waals surface area contributed by atoms with Crippen LogP contribution in [0.1, 0.15) is 60.8 Å². The average Bonchev–Trinajstić information content (AvgIpc) is 3.54. The fraction of sp³-hybridized carbons (Fsp3) is 0.375. The van der Waals surface area contributed by atoms with Crippen LogP contribution in [-0.4, -0.2) is 36.3 Å². The van der Waals surface area contributed by atoms with E-state index in [0.717, 1.165) is 24.1 Å². The van der Waals surface area contributed by atoms with Crippen LogP contribution in [0.4, 0.5) is 4.39 Å². The summed E-state index contributed by atoms with van der Waals surface area (Å²) in [5.74, 6) is 0.233. The van der Waals surface area contributed by atoms with E-state index in [0.29, 0.717) is 45.9 Å². The molecule has 4 heterocycles. The van der Waals surface area contributed by atoms with Gasteiger partial charge in [-0.2, -0.15) is 5.10 Å². The van der Waals surface area contributed by atoms with Gasteiger partial charge in [-0.05, 0) is 50.8 Å². The van der Waals surface area contributed by atoms with Crippen molar-refractivity contribution in [2.45, 2.75) is 50.7 Å². The first-order chi connectivity index (χ1) is 16.0. The molecule has 168 valence electrons. The molecule has 4 aromatic rings. The second-order valence-corrected chi connectivity index (χ2v) is 9.24. The number of ether oxygens (including phenoxy) is 1. The standard InChI is InChI=1S/C24H22ClFN6O/c1-13-10-27-22-21(18-5-2-16(25)9-19(18)26)30-23(31-24(22)29-13)14-6-7-33-20(8-14)15-11-28-32(12-15)17-3-4-17/h2,5,9-12,14,17,20H,3-4,6-8H2,1H3/t14?,20-/m1/s1. The highest BCUT2D eigenvalue weighted by molar-refractivity contribution is 6.30. The van der Waals surface area contributed by atoms with Gasteiger partial charge in [0.2, 0.25) is 0 Å². The number of fused-ring (bicyclic) bond motifs is 1. The third kappa shape index (κ3) is 3.98. The second-order valence-electron chi connectivity index (χ2n) is 8.80. The van der Waals surface area contributed by atoms with Gasteiger partial charge in [0.1, 0.15) is 22.9 Å². The van der Waals surface area contributed by atoms with Gasteiger partial charge < -0.3 is 4.74 Å². The Morgan fingerprint density at radius 1 is 1.12 bits per heavy atom.